The summed E-state index contributed by atoms with van der Waals surface area (Å²) in [5.74, 6) is -0.837. The van der Waals surface area contributed by atoms with Gasteiger partial charge in [0.05, 0.1) is 27.7 Å². The molecule has 56 heavy (non-hydrogen) atoms. The van der Waals surface area contributed by atoms with E-state index in [0.717, 1.165) is 103 Å². The van der Waals surface area contributed by atoms with Crippen LogP contribution >= 0.6 is 7.82 Å². The van der Waals surface area contributed by atoms with Crippen molar-refractivity contribution < 1.29 is 42.1 Å². The summed E-state index contributed by atoms with van der Waals surface area (Å²) in [7, 11) is 1.44. The third-order valence-corrected chi connectivity index (χ3v) is 9.72. The lowest BCUT2D eigenvalue weighted by Gasteiger charge is -2.24. The van der Waals surface area contributed by atoms with Crippen molar-refractivity contribution in [3.63, 3.8) is 0 Å². The average molecular weight is 807 g/mol. The van der Waals surface area contributed by atoms with Crippen LogP contribution in [-0.4, -0.2) is 74.9 Å². The van der Waals surface area contributed by atoms with Crippen LogP contribution < -0.4 is 0 Å². The smallest absolute Gasteiger partial charge is 0.462 e. The predicted octanol–water partition coefficient (Wildman–Crippen LogP) is 12.2. The summed E-state index contributed by atoms with van der Waals surface area (Å²) in [5.41, 5.74) is 0. The van der Waals surface area contributed by atoms with Crippen LogP contribution in [0, 0.1) is 0 Å². The summed E-state index contributed by atoms with van der Waals surface area (Å²) in [6, 6.07) is 0. The zero-order chi connectivity index (χ0) is 41.4. The monoisotopic (exact) mass is 807 g/mol. The van der Waals surface area contributed by atoms with Crippen molar-refractivity contribution in [1.82, 2.24) is 0 Å². The van der Waals surface area contributed by atoms with Gasteiger partial charge in [0.15, 0.2) is 6.10 Å². The Kier molecular flexibility index (Phi) is 36.3. The first-order valence-electron chi connectivity index (χ1n) is 21.7. The molecule has 0 fully saturated rings. The average Bonchev–Trinajstić information content (AvgIpc) is 3.15. The lowest BCUT2D eigenvalue weighted by atomic mass is 10.1. The highest BCUT2D eigenvalue weighted by molar-refractivity contribution is 7.47. The van der Waals surface area contributed by atoms with E-state index in [2.05, 4.69) is 86.8 Å². The molecule has 0 rings (SSSR count). The van der Waals surface area contributed by atoms with Gasteiger partial charge in [0.2, 0.25) is 0 Å². The van der Waals surface area contributed by atoms with Crippen LogP contribution in [0.3, 0.4) is 0 Å². The van der Waals surface area contributed by atoms with E-state index in [1.54, 1.807) is 0 Å². The molecule has 0 aliphatic carbocycles. The topological polar surface area (TPSA) is 108 Å². The second-order valence-corrected chi connectivity index (χ2v) is 16.8. The molecule has 0 bridgehead atoms. The number of ether oxygens (including phenoxy) is 2. The molecule has 1 N–H and O–H groups in total. The third-order valence-electron chi connectivity index (χ3n) is 8.73. The number of nitrogens with zero attached hydrogens (tertiary/aromatic N) is 1. The Balaban J connectivity index is 4.41. The quantitative estimate of drug-likeness (QED) is 0.0216. The number of hydrogen-bond donors (Lipinski definition) is 1. The molecular weight excluding hydrogens is 725 g/mol. The highest BCUT2D eigenvalue weighted by atomic mass is 31.2. The highest BCUT2D eigenvalue weighted by Gasteiger charge is 2.27. The maximum absolute atomic E-state index is 12.7. The number of allylic oxidation sites excluding steroid dienone is 12. The third kappa shape index (κ3) is 41.1. The van der Waals surface area contributed by atoms with Crippen LogP contribution in [0.2, 0.25) is 0 Å². The Labute approximate surface area is 342 Å². The Morgan fingerprint density at radius 1 is 0.554 bits per heavy atom. The maximum Gasteiger partial charge on any atom is 0.472 e. The van der Waals surface area contributed by atoms with Gasteiger partial charge in [0, 0.05) is 12.8 Å². The van der Waals surface area contributed by atoms with E-state index in [-0.39, 0.29) is 32.0 Å². The summed E-state index contributed by atoms with van der Waals surface area (Å²) in [6.45, 7) is 4.15. The van der Waals surface area contributed by atoms with E-state index in [9.17, 15) is 19.0 Å². The van der Waals surface area contributed by atoms with Crippen LogP contribution in [-0.2, 0) is 32.7 Å². The highest BCUT2D eigenvalue weighted by Crippen LogP contribution is 2.43. The number of carbonyl (C=O) groups is 2. The second-order valence-electron chi connectivity index (χ2n) is 15.3. The first kappa shape index (κ1) is 53.5. The van der Waals surface area contributed by atoms with Gasteiger partial charge in [0.25, 0.3) is 0 Å². The largest absolute Gasteiger partial charge is 0.472 e. The zero-order valence-electron chi connectivity index (χ0n) is 36.1. The summed E-state index contributed by atoms with van der Waals surface area (Å²) in [5, 5.41) is 0. The maximum atomic E-state index is 12.7. The number of rotatable bonds is 38. The molecule has 10 heteroatoms. The second kappa shape index (κ2) is 38.0. The lowest BCUT2D eigenvalue weighted by molar-refractivity contribution is -0.870. The minimum Gasteiger partial charge on any atom is -0.462 e. The molecule has 0 amide bonds. The Bertz CT molecular complexity index is 1180. The summed E-state index contributed by atoms with van der Waals surface area (Å²) >= 11 is 0. The van der Waals surface area contributed by atoms with Gasteiger partial charge in [-0.3, -0.25) is 18.6 Å². The number of esters is 2. The fraction of sp³-hybridized carbons (Fsp3) is 0.696. The van der Waals surface area contributed by atoms with Crippen molar-refractivity contribution in [3.8, 4) is 0 Å². The van der Waals surface area contributed by atoms with Gasteiger partial charge in [-0.25, -0.2) is 4.57 Å². The van der Waals surface area contributed by atoms with Crippen LogP contribution in [0.25, 0.3) is 0 Å². The zero-order valence-corrected chi connectivity index (χ0v) is 37.0. The number of quaternary nitrogens is 1. The number of hydrogen-bond acceptors (Lipinski definition) is 7. The molecule has 0 aromatic rings. The van der Waals surface area contributed by atoms with Gasteiger partial charge in [-0.15, -0.1) is 0 Å². The van der Waals surface area contributed by atoms with Crippen molar-refractivity contribution >= 4 is 19.8 Å². The van der Waals surface area contributed by atoms with Crippen molar-refractivity contribution in [3.05, 3.63) is 72.9 Å². The lowest BCUT2D eigenvalue weighted by Crippen LogP contribution is -2.37. The number of unbranched alkanes of at least 4 members (excludes halogenated alkanes) is 12. The first-order valence-corrected chi connectivity index (χ1v) is 23.2. The fourth-order valence-corrected chi connectivity index (χ4v) is 6.14. The van der Waals surface area contributed by atoms with Crippen molar-refractivity contribution in [1.29, 1.82) is 0 Å². The predicted molar refractivity (Wildman–Crippen MR) is 233 cm³/mol. The number of carbonyl (C=O) groups excluding carboxylic acids is 2. The molecule has 0 heterocycles. The molecule has 0 saturated carbocycles. The first-order chi connectivity index (χ1) is 27.0. The molecule has 9 nitrogen and oxygen atoms in total. The summed E-state index contributed by atoms with van der Waals surface area (Å²) in [4.78, 5) is 35.4. The Hall–Kier alpha value is -2.55. The van der Waals surface area contributed by atoms with Crippen LogP contribution in [0.1, 0.15) is 155 Å². The van der Waals surface area contributed by atoms with Crippen molar-refractivity contribution in [2.24, 2.45) is 0 Å². The summed E-state index contributed by atoms with van der Waals surface area (Å²) in [6.07, 6.45) is 46.6. The van der Waals surface area contributed by atoms with Crippen LogP contribution in [0.15, 0.2) is 72.9 Å². The molecule has 0 aromatic carbocycles. The van der Waals surface area contributed by atoms with E-state index in [1.807, 2.05) is 21.1 Å². The molecule has 2 atom stereocenters. The van der Waals surface area contributed by atoms with Gasteiger partial charge in [-0.2, -0.15) is 0 Å². The Morgan fingerprint density at radius 2 is 0.964 bits per heavy atom. The number of phosphoric acid groups is 1. The SMILES string of the molecule is CC/C=C\C/C=C\C/C=C\CCCCCCCCCC(=O)OC[C@H](COP(=O)(O)OCC[N+](C)(C)C)OC(=O)CCCCCCC/C=C\C/C=C\C/C=C\CC. The molecule has 0 aromatic heterocycles. The number of phosphoric ester groups is 1. The van der Waals surface area contributed by atoms with Gasteiger partial charge >= 0.3 is 19.8 Å². The fourth-order valence-electron chi connectivity index (χ4n) is 5.39. The molecule has 1 unspecified atom stereocenters. The molecule has 0 radical (unpaired) electrons. The molecular formula is C46H81NO8P+. The van der Waals surface area contributed by atoms with E-state index < -0.39 is 26.5 Å². The minimum atomic E-state index is -4.38. The molecule has 0 spiro atoms. The molecule has 322 valence electrons. The molecule has 0 saturated heterocycles. The van der Waals surface area contributed by atoms with Gasteiger partial charge in [-0.05, 0) is 77.0 Å². The van der Waals surface area contributed by atoms with Crippen LogP contribution in [0.4, 0.5) is 0 Å². The van der Waals surface area contributed by atoms with Gasteiger partial charge < -0.3 is 18.9 Å². The minimum absolute atomic E-state index is 0.0225. The van der Waals surface area contributed by atoms with E-state index in [0.29, 0.717) is 17.4 Å². The summed E-state index contributed by atoms with van der Waals surface area (Å²) < 4.78 is 34.3. The number of likely N-dealkylation sites (N-methyl/N-ethyl adjacent to an activating group) is 1. The normalized spacial score (nSPS) is 14.3. The standard InChI is InChI=1S/C46H80NO8P/c1-6-8-10-12-14-16-18-20-22-23-25-26-28-30-32-34-36-38-45(48)52-42-44(43-54-56(50,51)53-41-40-47(3,4)5)55-46(49)39-37-35-33-31-29-27-24-21-19-17-15-13-11-9-7-2/h8-11,14-17,20-22,24,44H,6-7,12-13,18-19,23,25-43H2,1-5H3/p+1/b10-8-,11-9-,16-14-,17-15-,22-20-,24-21-/t44-/m1/s1. The van der Waals surface area contributed by atoms with Crippen molar-refractivity contribution in [2.75, 3.05) is 47.5 Å². The van der Waals surface area contributed by atoms with E-state index in [4.69, 9.17) is 18.5 Å². The van der Waals surface area contributed by atoms with Gasteiger partial charge in [0.1, 0.15) is 19.8 Å². The Morgan fingerprint density at radius 3 is 1.43 bits per heavy atom. The van der Waals surface area contributed by atoms with Crippen molar-refractivity contribution in [2.45, 2.75) is 161 Å². The van der Waals surface area contributed by atoms with E-state index in [1.165, 1.54) is 19.3 Å². The van der Waals surface area contributed by atoms with E-state index >= 15 is 0 Å². The molecule has 0 aliphatic rings. The van der Waals surface area contributed by atoms with Crippen LogP contribution in [0.5, 0.6) is 0 Å². The van der Waals surface area contributed by atoms with Gasteiger partial charge in [-0.1, -0.05) is 138 Å². The molecule has 0 aliphatic heterocycles.